The third-order valence-electron chi connectivity index (χ3n) is 2.91. The van der Waals surface area contributed by atoms with Crippen LogP contribution in [0.2, 0.25) is 0 Å². The molecule has 2 aromatic rings. The molecule has 19 heavy (non-hydrogen) atoms. The zero-order valence-electron chi connectivity index (χ0n) is 10.9. The van der Waals surface area contributed by atoms with Crippen molar-refractivity contribution in [2.24, 2.45) is 5.73 Å². The first kappa shape index (κ1) is 13.8. The molecule has 0 aromatic carbocycles. The van der Waals surface area contributed by atoms with Crippen molar-refractivity contribution >= 4 is 17.2 Å². The van der Waals surface area contributed by atoms with Crippen molar-refractivity contribution in [3.8, 4) is 10.7 Å². The van der Waals surface area contributed by atoms with Gasteiger partial charge in [0.2, 0.25) is 5.91 Å². The van der Waals surface area contributed by atoms with E-state index in [9.17, 15) is 4.79 Å². The Labute approximate surface area is 116 Å². The summed E-state index contributed by atoms with van der Waals surface area (Å²) in [4.78, 5) is 16.8. The highest BCUT2D eigenvalue weighted by Crippen LogP contribution is 2.23. The van der Waals surface area contributed by atoms with Crippen LogP contribution in [-0.4, -0.2) is 28.0 Å². The number of nitrogens with zero attached hydrogens (tertiary/aromatic N) is 2. The van der Waals surface area contributed by atoms with Gasteiger partial charge in [0.15, 0.2) is 0 Å². The molecule has 0 bridgehead atoms. The van der Waals surface area contributed by atoms with Gasteiger partial charge in [-0.2, -0.15) is 0 Å². The van der Waals surface area contributed by atoms with Crippen LogP contribution in [0.15, 0.2) is 29.9 Å². The van der Waals surface area contributed by atoms with Gasteiger partial charge in [-0.25, -0.2) is 4.98 Å². The van der Waals surface area contributed by atoms with E-state index in [1.807, 2.05) is 30.6 Å². The molecule has 0 saturated carbocycles. The lowest BCUT2D eigenvalue weighted by Gasteiger charge is -2.15. The molecule has 1 unspecified atom stereocenters. The number of primary amides is 1. The van der Waals surface area contributed by atoms with E-state index in [0.29, 0.717) is 13.0 Å². The summed E-state index contributed by atoms with van der Waals surface area (Å²) in [5.41, 5.74) is 5.37. The van der Waals surface area contributed by atoms with Crippen LogP contribution in [0.3, 0.4) is 0 Å². The van der Waals surface area contributed by atoms with Crippen molar-refractivity contribution in [2.45, 2.75) is 25.9 Å². The van der Waals surface area contributed by atoms with E-state index in [2.05, 4.69) is 14.9 Å². The number of carbonyl (C=O) groups is 1. The fraction of sp³-hybridized carbons (Fsp3) is 0.385. The van der Waals surface area contributed by atoms with Crippen LogP contribution < -0.4 is 11.1 Å². The molecule has 0 aliphatic carbocycles. The number of hydrogen-bond donors (Lipinski definition) is 2. The molecule has 0 fully saturated rings. The number of carbonyl (C=O) groups excluding carboxylic acids is 1. The monoisotopic (exact) mass is 278 g/mol. The normalized spacial score (nSPS) is 12.5. The average molecular weight is 278 g/mol. The van der Waals surface area contributed by atoms with Gasteiger partial charge in [-0.15, -0.1) is 11.3 Å². The van der Waals surface area contributed by atoms with Gasteiger partial charge in [0.05, 0.1) is 10.9 Å². The lowest BCUT2D eigenvalue weighted by atomic mass is 10.2. The zero-order chi connectivity index (χ0) is 13.7. The summed E-state index contributed by atoms with van der Waals surface area (Å²) in [5.74, 6) is 0.634. The number of likely N-dealkylation sites (N-methyl/N-ethyl adjacent to an activating group) is 1. The van der Waals surface area contributed by atoms with Crippen LogP contribution in [0.5, 0.6) is 0 Å². The minimum Gasteiger partial charge on any atom is -0.368 e. The van der Waals surface area contributed by atoms with Crippen molar-refractivity contribution in [1.82, 2.24) is 14.9 Å². The summed E-state index contributed by atoms with van der Waals surface area (Å²) >= 11 is 1.66. The highest BCUT2D eigenvalue weighted by atomic mass is 32.1. The minimum absolute atomic E-state index is 0.288. The fourth-order valence-electron chi connectivity index (χ4n) is 1.98. The summed E-state index contributed by atoms with van der Waals surface area (Å²) < 4.78 is 2.05. The summed E-state index contributed by atoms with van der Waals surface area (Å²) in [7, 11) is 0. The summed E-state index contributed by atoms with van der Waals surface area (Å²) in [5, 5.41) is 5.12. The van der Waals surface area contributed by atoms with Crippen LogP contribution in [0.1, 0.15) is 13.3 Å². The minimum atomic E-state index is -0.306. The van der Waals surface area contributed by atoms with Crippen LogP contribution in [0, 0.1) is 0 Å². The van der Waals surface area contributed by atoms with E-state index in [4.69, 9.17) is 5.73 Å². The highest BCUT2D eigenvalue weighted by molar-refractivity contribution is 7.13. The fourth-order valence-corrected chi connectivity index (χ4v) is 2.72. The summed E-state index contributed by atoms with van der Waals surface area (Å²) in [6.45, 7) is 3.41. The van der Waals surface area contributed by atoms with Gasteiger partial charge in [0.25, 0.3) is 0 Å². The Morgan fingerprint density at radius 1 is 1.63 bits per heavy atom. The second-order valence-corrected chi connectivity index (χ2v) is 5.17. The van der Waals surface area contributed by atoms with E-state index in [0.717, 1.165) is 17.2 Å². The molecule has 0 aliphatic rings. The number of hydrogen-bond acceptors (Lipinski definition) is 4. The molecule has 5 nitrogen and oxygen atoms in total. The van der Waals surface area contributed by atoms with Crippen LogP contribution in [0.4, 0.5) is 0 Å². The smallest absolute Gasteiger partial charge is 0.234 e. The van der Waals surface area contributed by atoms with E-state index in [-0.39, 0.29) is 11.9 Å². The van der Waals surface area contributed by atoms with Crippen molar-refractivity contribution in [3.05, 3.63) is 29.9 Å². The molecule has 102 valence electrons. The van der Waals surface area contributed by atoms with Gasteiger partial charge >= 0.3 is 0 Å². The van der Waals surface area contributed by atoms with Gasteiger partial charge in [-0.3, -0.25) is 4.79 Å². The Morgan fingerprint density at radius 3 is 3.11 bits per heavy atom. The lowest BCUT2D eigenvalue weighted by molar-refractivity contribution is -0.120. The number of imidazole rings is 1. The van der Waals surface area contributed by atoms with Gasteiger partial charge < -0.3 is 15.6 Å². The van der Waals surface area contributed by atoms with Gasteiger partial charge in [-0.05, 0) is 24.4 Å². The Kier molecular flexibility index (Phi) is 4.70. The molecule has 2 heterocycles. The zero-order valence-corrected chi connectivity index (χ0v) is 11.7. The first-order valence-corrected chi connectivity index (χ1v) is 7.18. The lowest BCUT2D eigenvalue weighted by Crippen LogP contribution is -2.41. The van der Waals surface area contributed by atoms with Crippen LogP contribution in [0.25, 0.3) is 10.7 Å². The standard InChI is InChI=1S/C13H18N4OS/c1-2-15-10(12(14)18)5-7-17-8-6-16-13(17)11-4-3-9-19-11/h3-4,6,8-10,15H,2,5,7H2,1H3,(H2,14,18). The number of amides is 1. The maximum absolute atomic E-state index is 11.3. The predicted molar refractivity (Wildman–Crippen MR) is 76.8 cm³/mol. The van der Waals surface area contributed by atoms with E-state index in [1.165, 1.54) is 0 Å². The van der Waals surface area contributed by atoms with E-state index in [1.54, 1.807) is 17.5 Å². The highest BCUT2D eigenvalue weighted by Gasteiger charge is 2.15. The predicted octanol–water partition coefficient (Wildman–Crippen LogP) is 1.47. The quantitative estimate of drug-likeness (QED) is 0.805. The third kappa shape index (κ3) is 3.42. The third-order valence-corrected chi connectivity index (χ3v) is 3.78. The first-order valence-electron chi connectivity index (χ1n) is 6.30. The topological polar surface area (TPSA) is 72.9 Å². The van der Waals surface area contributed by atoms with Crippen LogP contribution >= 0.6 is 11.3 Å². The maximum atomic E-state index is 11.3. The molecule has 2 rings (SSSR count). The molecular weight excluding hydrogens is 260 g/mol. The Morgan fingerprint density at radius 2 is 2.47 bits per heavy atom. The molecule has 3 N–H and O–H groups in total. The number of aromatic nitrogens is 2. The number of thiophene rings is 1. The second-order valence-electron chi connectivity index (χ2n) is 4.22. The van der Waals surface area contributed by atoms with Crippen molar-refractivity contribution in [3.63, 3.8) is 0 Å². The molecule has 0 radical (unpaired) electrons. The molecule has 1 atom stereocenters. The molecule has 1 amide bonds. The Hall–Kier alpha value is -1.66. The molecular formula is C13H18N4OS. The second kappa shape index (κ2) is 6.49. The number of rotatable bonds is 7. The number of nitrogens with two attached hydrogens (primary N) is 1. The maximum Gasteiger partial charge on any atom is 0.234 e. The summed E-state index contributed by atoms with van der Waals surface area (Å²) in [6, 6.07) is 3.76. The van der Waals surface area contributed by atoms with Crippen molar-refractivity contribution < 1.29 is 4.79 Å². The van der Waals surface area contributed by atoms with Crippen LogP contribution in [-0.2, 0) is 11.3 Å². The van der Waals surface area contributed by atoms with Gasteiger partial charge in [0.1, 0.15) is 5.82 Å². The number of aryl methyl sites for hydroxylation is 1. The molecule has 0 saturated heterocycles. The molecule has 2 aromatic heterocycles. The van der Waals surface area contributed by atoms with Gasteiger partial charge in [0, 0.05) is 18.9 Å². The Balaban J connectivity index is 2.04. The van der Waals surface area contributed by atoms with E-state index < -0.39 is 0 Å². The molecule has 0 aliphatic heterocycles. The number of nitrogens with one attached hydrogen (secondary N) is 1. The van der Waals surface area contributed by atoms with E-state index >= 15 is 0 Å². The van der Waals surface area contributed by atoms with Crippen molar-refractivity contribution in [1.29, 1.82) is 0 Å². The largest absolute Gasteiger partial charge is 0.368 e. The Bertz CT molecular complexity index is 520. The molecule has 6 heteroatoms. The first-order chi connectivity index (χ1) is 9.22. The van der Waals surface area contributed by atoms with Gasteiger partial charge in [-0.1, -0.05) is 13.0 Å². The average Bonchev–Trinajstić information content (AvgIpc) is 3.03. The summed E-state index contributed by atoms with van der Waals surface area (Å²) in [6.07, 6.45) is 4.37. The SMILES string of the molecule is CCNC(CCn1ccnc1-c1cccs1)C(N)=O. The van der Waals surface area contributed by atoms with Crippen molar-refractivity contribution in [2.75, 3.05) is 6.54 Å². The molecule has 0 spiro atoms.